The van der Waals surface area contributed by atoms with Crippen LogP contribution in [-0.4, -0.2) is 28.0 Å². The quantitative estimate of drug-likeness (QED) is 0.935. The third kappa shape index (κ3) is 2.50. The van der Waals surface area contributed by atoms with E-state index in [1.807, 2.05) is 0 Å². The Balaban J connectivity index is 2.64. The van der Waals surface area contributed by atoms with Gasteiger partial charge >= 0.3 is 5.97 Å². The third-order valence-electron chi connectivity index (χ3n) is 2.70. The second-order valence-electron chi connectivity index (χ2n) is 4.06. The van der Waals surface area contributed by atoms with Crippen molar-refractivity contribution in [2.24, 2.45) is 0 Å². The topological polar surface area (TPSA) is 81.4 Å². The van der Waals surface area contributed by atoms with E-state index in [2.05, 4.69) is 5.10 Å². The monoisotopic (exact) mass is 294 g/mol. The number of methoxy groups -OCH3 is 1. The van der Waals surface area contributed by atoms with Crippen LogP contribution in [0.1, 0.15) is 16.1 Å². The predicted molar refractivity (Wildman–Crippen MR) is 73.1 cm³/mol. The van der Waals surface area contributed by atoms with Gasteiger partial charge in [-0.2, -0.15) is 5.10 Å². The van der Waals surface area contributed by atoms with Crippen molar-refractivity contribution in [3.8, 4) is 11.4 Å². The van der Waals surface area contributed by atoms with Crippen LogP contribution in [-0.2, 0) is 0 Å². The number of benzene rings is 1. The number of carboxylic acid groups (broad SMARTS) is 1. The largest absolute Gasteiger partial charge is 0.495 e. The van der Waals surface area contributed by atoms with Gasteiger partial charge in [0.25, 0.3) is 0 Å². The van der Waals surface area contributed by atoms with Crippen LogP contribution in [0, 0.1) is 6.92 Å². The normalized spacial score (nSPS) is 10.3. The summed E-state index contributed by atoms with van der Waals surface area (Å²) < 4.78 is 6.39. The highest BCUT2D eigenvalue weighted by atomic mass is 35.5. The van der Waals surface area contributed by atoms with E-state index in [-0.39, 0.29) is 5.56 Å². The standard InChI is InChI=1S/C13H11ClN2O4/c1-7-6-16(15-11(12(7)17)13(18)19)8-3-4-9(14)10(5-8)20-2/h3-6H,1-2H3,(H,18,19). The summed E-state index contributed by atoms with van der Waals surface area (Å²) in [4.78, 5) is 22.7. The molecule has 2 rings (SSSR count). The van der Waals surface area contributed by atoms with Crippen LogP contribution in [0.4, 0.5) is 0 Å². The summed E-state index contributed by atoms with van der Waals surface area (Å²) in [6.45, 7) is 1.53. The summed E-state index contributed by atoms with van der Waals surface area (Å²) >= 11 is 5.92. The van der Waals surface area contributed by atoms with E-state index in [1.54, 1.807) is 18.2 Å². The van der Waals surface area contributed by atoms with Crippen molar-refractivity contribution >= 4 is 17.6 Å². The minimum Gasteiger partial charge on any atom is -0.495 e. The van der Waals surface area contributed by atoms with Gasteiger partial charge < -0.3 is 9.84 Å². The molecule has 0 amide bonds. The molecule has 7 heteroatoms. The highest BCUT2D eigenvalue weighted by Crippen LogP contribution is 2.26. The highest BCUT2D eigenvalue weighted by molar-refractivity contribution is 6.32. The molecule has 0 saturated heterocycles. The van der Waals surface area contributed by atoms with Crippen molar-refractivity contribution in [2.75, 3.05) is 7.11 Å². The van der Waals surface area contributed by atoms with Gasteiger partial charge in [-0.25, -0.2) is 9.48 Å². The van der Waals surface area contributed by atoms with Crippen molar-refractivity contribution in [1.29, 1.82) is 0 Å². The van der Waals surface area contributed by atoms with Gasteiger partial charge in [0.15, 0.2) is 0 Å². The summed E-state index contributed by atoms with van der Waals surface area (Å²) in [7, 11) is 1.47. The zero-order valence-electron chi connectivity index (χ0n) is 10.8. The van der Waals surface area contributed by atoms with Crippen LogP contribution in [0.25, 0.3) is 5.69 Å². The summed E-state index contributed by atoms with van der Waals surface area (Å²) in [6, 6.07) is 4.85. The number of aromatic carboxylic acids is 1. The zero-order chi connectivity index (χ0) is 14.9. The Morgan fingerprint density at radius 3 is 2.75 bits per heavy atom. The molecule has 0 spiro atoms. The Bertz CT molecular complexity index is 740. The van der Waals surface area contributed by atoms with Gasteiger partial charge in [-0.05, 0) is 19.1 Å². The van der Waals surface area contributed by atoms with Crippen molar-refractivity contribution in [3.63, 3.8) is 0 Å². The fourth-order valence-electron chi connectivity index (χ4n) is 1.67. The number of rotatable bonds is 3. The van der Waals surface area contributed by atoms with Crippen LogP contribution in [0.5, 0.6) is 5.75 Å². The van der Waals surface area contributed by atoms with Crippen LogP contribution in [0.3, 0.4) is 0 Å². The van der Waals surface area contributed by atoms with Crippen LogP contribution >= 0.6 is 11.6 Å². The Kier molecular flexibility index (Phi) is 3.76. The number of carbonyl (C=O) groups is 1. The van der Waals surface area contributed by atoms with Crippen molar-refractivity contribution in [2.45, 2.75) is 6.92 Å². The molecule has 0 radical (unpaired) electrons. The van der Waals surface area contributed by atoms with E-state index in [0.29, 0.717) is 16.5 Å². The smallest absolute Gasteiger partial charge is 0.360 e. The maximum absolute atomic E-state index is 11.7. The van der Waals surface area contributed by atoms with Gasteiger partial charge in [0.05, 0.1) is 17.8 Å². The first kappa shape index (κ1) is 14.1. The lowest BCUT2D eigenvalue weighted by Gasteiger charge is -2.10. The maximum atomic E-state index is 11.7. The summed E-state index contributed by atoms with van der Waals surface area (Å²) in [6.07, 6.45) is 1.46. The average molecular weight is 295 g/mol. The highest BCUT2D eigenvalue weighted by Gasteiger charge is 2.14. The first-order chi connectivity index (χ1) is 9.43. The summed E-state index contributed by atoms with van der Waals surface area (Å²) in [5, 5.41) is 13.2. The summed E-state index contributed by atoms with van der Waals surface area (Å²) in [5.41, 5.74) is -0.309. The molecule has 1 N–H and O–H groups in total. The average Bonchev–Trinajstić information content (AvgIpc) is 2.42. The molecule has 104 valence electrons. The summed E-state index contributed by atoms with van der Waals surface area (Å²) in [5.74, 6) is -0.937. The van der Waals surface area contributed by atoms with E-state index in [0.717, 1.165) is 0 Å². The predicted octanol–water partition coefficient (Wildman–Crippen LogP) is 1.90. The number of hydrogen-bond donors (Lipinski definition) is 1. The minimum atomic E-state index is -1.37. The lowest BCUT2D eigenvalue weighted by Crippen LogP contribution is -2.23. The van der Waals surface area contributed by atoms with Gasteiger partial charge in [-0.3, -0.25) is 4.79 Å². The number of halogens is 1. The van der Waals surface area contributed by atoms with Gasteiger partial charge in [-0.15, -0.1) is 0 Å². The fraction of sp³-hybridized carbons (Fsp3) is 0.154. The molecule has 1 aromatic carbocycles. The number of carboxylic acids is 1. The molecule has 0 aliphatic carbocycles. The molecule has 0 fully saturated rings. The molecule has 2 aromatic rings. The molecule has 0 atom stereocenters. The first-order valence-electron chi connectivity index (χ1n) is 5.62. The van der Waals surface area contributed by atoms with Crippen LogP contribution < -0.4 is 10.2 Å². The zero-order valence-corrected chi connectivity index (χ0v) is 11.5. The molecule has 0 unspecified atom stereocenters. The van der Waals surface area contributed by atoms with Crippen molar-refractivity contribution in [1.82, 2.24) is 9.78 Å². The Morgan fingerprint density at radius 1 is 1.45 bits per heavy atom. The minimum absolute atomic E-state index is 0.284. The number of ether oxygens (including phenoxy) is 1. The Labute approximate surface area is 119 Å². The Morgan fingerprint density at radius 2 is 2.15 bits per heavy atom. The van der Waals surface area contributed by atoms with E-state index >= 15 is 0 Å². The van der Waals surface area contributed by atoms with E-state index in [4.69, 9.17) is 21.4 Å². The molecule has 0 aliphatic heterocycles. The second-order valence-corrected chi connectivity index (χ2v) is 4.47. The number of nitrogens with zero attached hydrogens (tertiary/aromatic N) is 2. The van der Waals surface area contributed by atoms with Gasteiger partial charge in [0.2, 0.25) is 11.1 Å². The van der Waals surface area contributed by atoms with Crippen molar-refractivity contribution < 1.29 is 14.6 Å². The molecule has 0 aliphatic rings. The van der Waals surface area contributed by atoms with E-state index in [1.165, 1.54) is 24.9 Å². The molecule has 0 saturated carbocycles. The van der Waals surface area contributed by atoms with Crippen molar-refractivity contribution in [3.05, 3.63) is 50.9 Å². The fourth-order valence-corrected chi connectivity index (χ4v) is 1.87. The van der Waals surface area contributed by atoms with E-state index < -0.39 is 17.1 Å². The molecule has 6 nitrogen and oxygen atoms in total. The number of aromatic nitrogens is 2. The van der Waals surface area contributed by atoms with Crippen LogP contribution in [0.15, 0.2) is 29.2 Å². The Hall–Kier alpha value is -2.34. The molecule has 20 heavy (non-hydrogen) atoms. The SMILES string of the molecule is COc1cc(-n2cc(C)c(=O)c(C(=O)O)n2)ccc1Cl. The second kappa shape index (κ2) is 5.34. The molecule has 1 heterocycles. The third-order valence-corrected chi connectivity index (χ3v) is 3.01. The molecule has 1 aromatic heterocycles. The van der Waals surface area contributed by atoms with Crippen LogP contribution in [0.2, 0.25) is 5.02 Å². The molecule has 0 bridgehead atoms. The van der Waals surface area contributed by atoms with Gasteiger partial charge in [0.1, 0.15) is 5.75 Å². The lowest BCUT2D eigenvalue weighted by atomic mass is 10.2. The number of hydrogen-bond acceptors (Lipinski definition) is 4. The number of aryl methyl sites for hydroxylation is 1. The molecular formula is C13H11ClN2O4. The first-order valence-corrected chi connectivity index (χ1v) is 5.99. The lowest BCUT2D eigenvalue weighted by molar-refractivity contribution is 0.0686. The van der Waals surface area contributed by atoms with E-state index in [9.17, 15) is 9.59 Å². The van der Waals surface area contributed by atoms with Gasteiger partial charge in [0, 0.05) is 17.8 Å². The van der Waals surface area contributed by atoms with Gasteiger partial charge in [-0.1, -0.05) is 11.6 Å². The maximum Gasteiger partial charge on any atom is 0.360 e. The molecular weight excluding hydrogens is 284 g/mol.